The van der Waals surface area contributed by atoms with Gasteiger partial charge in [0.25, 0.3) is 0 Å². The van der Waals surface area contributed by atoms with Crippen molar-refractivity contribution in [3.8, 4) is 0 Å². The largest absolute Gasteiger partial charge is 0.389 e. The summed E-state index contributed by atoms with van der Waals surface area (Å²) in [5.74, 6) is 0. The van der Waals surface area contributed by atoms with E-state index in [-0.39, 0.29) is 11.5 Å². The van der Waals surface area contributed by atoms with Crippen LogP contribution in [0.5, 0.6) is 0 Å². The molecular weight excluding hydrogens is 280 g/mol. The van der Waals surface area contributed by atoms with Crippen LogP contribution in [-0.2, 0) is 16.0 Å². The Kier molecular flexibility index (Phi) is 9.52. The first-order valence-electron chi connectivity index (χ1n) is 6.93. The van der Waals surface area contributed by atoms with Crippen LogP contribution in [-0.4, -0.2) is 49.2 Å². The molecule has 116 valence electrons. The molecule has 6 nitrogen and oxygen atoms in total. The van der Waals surface area contributed by atoms with Crippen LogP contribution in [0.1, 0.15) is 25.5 Å². The van der Waals surface area contributed by atoms with Gasteiger partial charge in [-0.1, -0.05) is 24.7 Å². The average Bonchev–Trinajstić information content (AvgIpc) is 2.83. The summed E-state index contributed by atoms with van der Waals surface area (Å²) in [5.41, 5.74) is 0.831. The van der Waals surface area contributed by atoms with Crippen LogP contribution >= 0.6 is 11.3 Å². The second-order valence-electron chi connectivity index (χ2n) is 4.50. The quantitative estimate of drug-likeness (QED) is 0.496. The van der Waals surface area contributed by atoms with E-state index in [2.05, 4.69) is 17.2 Å². The molecule has 3 N–H and O–H groups in total. The molecule has 7 heteroatoms. The van der Waals surface area contributed by atoms with Crippen molar-refractivity contribution in [1.82, 2.24) is 10.3 Å². The molecule has 1 aromatic heterocycles. The van der Waals surface area contributed by atoms with Crippen molar-refractivity contribution in [2.75, 3.05) is 33.0 Å². The zero-order valence-corrected chi connectivity index (χ0v) is 12.7. The zero-order chi connectivity index (χ0) is 14.6. The van der Waals surface area contributed by atoms with Gasteiger partial charge in [-0.15, -0.1) is 0 Å². The molecule has 1 rings (SSSR count). The summed E-state index contributed by atoms with van der Waals surface area (Å²) in [5, 5.41) is 14.5. The number of aliphatic hydroxyl groups excluding tert-OH is 1. The number of nitrogens with one attached hydrogen (secondary N) is 2. The van der Waals surface area contributed by atoms with Crippen molar-refractivity contribution in [2.45, 2.75) is 32.4 Å². The lowest BCUT2D eigenvalue weighted by Crippen LogP contribution is -2.30. The lowest BCUT2D eigenvalue weighted by atomic mass is 10.3. The molecule has 1 aromatic rings. The highest BCUT2D eigenvalue weighted by molar-refractivity contribution is 7.07. The van der Waals surface area contributed by atoms with Crippen LogP contribution in [0.15, 0.2) is 10.2 Å². The van der Waals surface area contributed by atoms with Gasteiger partial charge < -0.3 is 24.9 Å². The summed E-state index contributed by atoms with van der Waals surface area (Å²) in [6.45, 7) is 5.20. The van der Waals surface area contributed by atoms with E-state index in [1.165, 1.54) is 0 Å². The van der Waals surface area contributed by atoms with Gasteiger partial charge >= 0.3 is 4.87 Å². The van der Waals surface area contributed by atoms with Crippen molar-refractivity contribution in [1.29, 1.82) is 0 Å². The van der Waals surface area contributed by atoms with Gasteiger partial charge in [-0.3, -0.25) is 4.79 Å². The molecule has 0 aromatic carbocycles. The summed E-state index contributed by atoms with van der Waals surface area (Å²) < 4.78 is 10.7. The van der Waals surface area contributed by atoms with Crippen LogP contribution in [0, 0.1) is 0 Å². The Labute approximate surface area is 123 Å². The minimum Gasteiger partial charge on any atom is -0.389 e. The van der Waals surface area contributed by atoms with Crippen LogP contribution in [0.2, 0.25) is 0 Å². The van der Waals surface area contributed by atoms with Gasteiger partial charge in [0.05, 0.1) is 25.9 Å². The maximum absolute atomic E-state index is 10.9. The predicted molar refractivity (Wildman–Crippen MR) is 79.2 cm³/mol. The summed E-state index contributed by atoms with van der Waals surface area (Å²) >= 11 is 1.14. The summed E-state index contributed by atoms with van der Waals surface area (Å²) in [6.07, 6.45) is 1.63. The smallest absolute Gasteiger partial charge is 0.304 e. The number of aromatic nitrogens is 1. The molecule has 1 unspecified atom stereocenters. The second kappa shape index (κ2) is 11.0. The number of unbranched alkanes of at least 4 members (excludes halogenated alkanes) is 1. The standard InChI is InChI=1S/C13H24N2O4S/c1-2-3-4-18-5-6-19-9-12(16)8-14-7-11-10-20-13(17)15-11/h10,12,14,16H,2-9H2,1H3,(H,15,17). The summed E-state index contributed by atoms with van der Waals surface area (Å²) in [7, 11) is 0. The molecular formula is C13H24N2O4S. The molecule has 0 saturated carbocycles. The van der Waals surface area contributed by atoms with Gasteiger partial charge in [-0.25, -0.2) is 0 Å². The molecule has 0 fully saturated rings. The van der Waals surface area contributed by atoms with Gasteiger partial charge in [-0.2, -0.15) is 0 Å². The number of ether oxygens (including phenoxy) is 2. The van der Waals surface area contributed by atoms with E-state index >= 15 is 0 Å². The highest BCUT2D eigenvalue weighted by Crippen LogP contribution is 1.95. The number of rotatable bonds is 12. The van der Waals surface area contributed by atoms with Gasteiger partial charge in [0.15, 0.2) is 0 Å². The Morgan fingerprint density at radius 1 is 1.40 bits per heavy atom. The van der Waals surface area contributed by atoms with E-state index in [0.717, 1.165) is 36.5 Å². The van der Waals surface area contributed by atoms with E-state index in [1.54, 1.807) is 5.38 Å². The molecule has 0 aliphatic rings. The number of aliphatic hydroxyl groups is 1. The molecule has 0 bridgehead atoms. The SMILES string of the molecule is CCCCOCCOCC(O)CNCc1csc(=O)[nH]1. The molecule has 1 heterocycles. The third-order valence-electron chi connectivity index (χ3n) is 2.59. The maximum Gasteiger partial charge on any atom is 0.304 e. The average molecular weight is 304 g/mol. The number of hydrogen-bond donors (Lipinski definition) is 3. The van der Waals surface area contributed by atoms with Crippen molar-refractivity contribution < 1.29 is 14.6 Å². The zero-order valence-electron chi connectivity index (χ0n) is 11.9. The van der Waals surface area contributed by atoms with Gasteiger partial charge in [-0.05, 0) is 6.42 Å². The Morgan fingerprint density at radius 3 is 2.90 bits per heavy atom. The summed E-state index contributed by atoms with van der Waals surface area (Å²) in [4.78, 5) is 13.5. The summed E-state index contributed by atoms with van der Waals surface area (Å²) in [6, 6.07) is 0. The molecule has 0 radical (unpaired) electrons. The number of H-pyrrole nitrogens is 1. The first-order chi connectivity index (χ1) is 9.72. The molecule has 20 heavy (non-hydrogen) atoms. The Morgan fingerprint density at radius 2 is 2.20 bits per heavy atom. The second-order valence-corrected chi connectivity index (χ2v) is 5.34. The molecule has 1 atom stereocenters. The fraction of sp³-hybridized carbons (Fsp3) is 0.769. The topological polar surface area (TPSA) is 83.6 Å². The Balaban J connectivity index is 1.92. The number of hydrogen-bond acceptors (Lipinski definition) is 6. The molecule has 0 spiro atoms. The van der Waals surface area contributed by atoms with Gasteiger partial charge in [0.2, 0.25) is 0 Å². The van der Waals surface area contributed by atoms with E-state index in [0.29, 0.717) is 26.3 Å². The van der Waals surface area contributed by atoms with Crippen LogP contribution in [0.25, 0.3) is 0 Å². The highest BCUT2D eigenvalue weighted by atomic mass is 32.1. The normalized spacial score (nSPS) is 12.7. The van der Waals surface area contributed by atoms with Crippen molar-refractivity contribution in [2.24, 2.45) is 0 Å². The van der Waals surface area contributed by atoms with Gasteiger partial charge in [0.1, 0.15) is 0 Å². The van der Waals surface area contributed by atoms with Crippen LogP contribution in [0.3, 0.4) is 0 Å². The van der Waals surface area contributed by atoms with E-state index in [4.69, 9.17) is 9.47 Å². The third kappa shape index (κ3) is 8.44. The number of aromatic amines is 1. The number of thiazole rings is 1. The monoisotopic (exact) mass is 304 g/mol. The van der Waals surface area contributed by atoms with Crippen LogP contribution in [0.4, 0.5) is 0 Å². The predicted octanol–water partition coefficient (Wildman–Crippen LogP) is 0.720. The Hall–Kier alpha value is -0.730. The van der Waals surface area contributed by atoms with Crippen molar-refractivity contribution in [3.63, 3.8) is 0 Å². The molecule has 0 aliphatic carbocycles. The Bertz CT molecular complexity index is 394. The lowest BCUT2D eigenvalue weighted by molar-refractivity contribution is 0.00383. The first kappa shape index (κ1) is 17.3. The van der Waals surface area contributed by atoms with Crippen molar-refractivity contribution in [3.05, 3.63) is 20.7 Å². The lowest BCUT2D eigenvalue weighted by Gasteiger charge is -2.12. The first-order valence-corrected chi connectivity index (χ1v) is 7.81. The van der Waals surface area contributed by atoms with E-state index in [9.17, 15) is 9.90 Å². The van der Waals surface area contributed by atoms with Crippen molar-refractivity contribution >= 4 is 11.3 Å². The molecule has 0 aliphatic heterocycles. The fourth-order valence-corrected chi connectivity index (χ4v) is 2.10. The maximum atomic E-state index is 10.9. The van der Waals surface area contributed by atoms with E-state index in [1.807, 2.05) is 0 Å². The minimum atomic E-state index is -0.559. The van der Waals surface area contributed by atoms with Crippen LogP contribution < -0.4 is 10.2 Å². The minimum absolute atomic E-state index is 0.0613. The van der Waals surface area contributed by atoms with E-state index < -0.39 is 6.10 Å². The van der Waals surface area contributed by atoms with Gasteiger partial charge in [0, 0.05) is 30.8 Å². The molecule has 0 saturated heterocycles. The fourth-order valence-electron chi connectivity index (χ4n) is 1.52. The highest BCUT2D eigenvalue weighted by Gasteiger charge is 2.04. The molecule has 0 amide bonds. The third-order valence-corrected chi connectivity index (χ3v) is 3.31.